The third-order valence-electron chi connectivity index (χ3n) is 20.3. The Hall–Kier alpha value is -2.32. The molecule has 3 saturated carbocycles. The summed E-state index contributed by atoms with van der Waals surface area (Å²) >= 11 is 0. The highest BCUT2D eigenvalue weighted by molar-refractivity contribution is 7.81. The molecule has 0 amide bonds. The topological polar surface area (TPSA) is 415 Å². The molecule has 5 aliphatic heterocycles. The predicted octanol–water partition coefficient (Wildman–Crippen LogP) is -0.555. The maximum atomic E-state index is 14.4. The summed E-state index contributed by atoms with van der Waals surface area (Å²) in [5, 5.41) is 90.6. The molecule has 10 N–H and O–H groups in total. The number of carbonyl (C=O) groups excluding carboxylic acids is 2. The van der Waals surface area contributed by atoms with Gasteiger partial charge in [-0.15, -0.1) is 6.58 Å². The Labute approximate surface area is 487 Å². The Morgan fingerprint density at radius 3 is 1.87 bits per heavy atom. The van der Waals surface area contributed by atoms with Crippen molar-refractivity contribution in [2.45, 2.75) is 235 Å². The van der Waals surface area contributed by atoms with Crippen LogP contribution >= 0.6 is 0 Å². The summed E-state index contributed by atoms with van der Waals surface area (Å²) in [5.41, 5.74) is -1.22. The van der Waals surface area contributed by atoms with E-state index in [2.05, 4.69) is 48.7 Å². The molecule has 2 unspecified atom stereocenters. The minimum atomic E-state index is -5.21. The number of Topliss-reactive ketones (excluding diaryl/α,β-unsaturated/α-hetero) is 1. The number of hydrogen-bond acceptors (Lipinski definition) is 26. The number of cyclic esters (lactones) is 1. The largest absolute Gasteiger partial charge is 0.458 e. The number of carbonyl (C=O) groups is 2. The first kappa shape index (κ1) is 66.1. The zero-order valence-electron chi connectivity index (χ0n) is 48.2. The minimum absolute atomic E-state index is 0.0224. The van der Waals surface area contributed by atoms with Crippen molar-refractivity contribution in [3.05, 3.63) is 23.8 Å². The van der Waals surface area contributed by atoms with Gasteiger partial charge in [0, 0.05) is 13.5 Å². The van der Waals surface area contributed by atoms with Gasteiger partial charge in [-0.1, -0.05) is 44.9 Å². The normalized spacial score (nSPS) is 48.5. The number of ether oxygens (including phenoxy) is 10. The summed E-state index contributed by atoms with van der Waals surface area (Å²) in [5.74, 6) is -0.798. The predicted molar refractivity (Wildman–Crippen MR) is 282 cm³/mol. The first-order valence-corrected chi connectivity index (χ1v) is 31.3. The van der Waals surface area contributed by atoms with E-state index in [1.165, 1.54) is 12.5 Å². The van der Waals surface area contributed by atoms with Gasteiger partial charge in [0.1, 0.15) is 96.8 Å². The summed E-state index contributed by atoms with van der Waals surface area (Å²) < 4.78 is 133. The molecule has 0 aromatic carbocycles. The van der Waals surface area contributed by atoms with Crippen LogP contribution in [0.1, 0.15) is 106 Å². The lowest BCUT2D eigenvalue weighted by Crippen LogP contribution is -2.67. The van der Waals surface area contributed by atoms with E-state index in [-0.39, 0.29) is 42.0 Å². The average molecular weight is 1250 g/mol. The zero-order valence-corrected chi connectivity index (χ0v) is 49.8. The van der Waals surface area contributed by atoms with Crippen molar-refractivity contribution in [2.24, 2.45) is 39.4 Å². The molecule has 5 saturated heterocycles. The molecule has 0 radical (unpaired) electrons. The van der Waals surface area contributed by atoms with E-state index in [4.69, 9.17) is 51.9 Å². The fourth-order valence-electron chi connectivity index (χ4n) is 16.1. The van der Waals surface area contributed by atoms with Crippen LogP contribution in [0.4, 0.5) is 0 Å². The van der Waals surface area contributed by atoms with Gasteiger partial charge >= 0.3 is 26.8 Å². The Balaban J connectivity index is 0.882. The molecule has 9 rings (SSSR count). The van der Waals surface area contributed by atoms with Crippen molar-refractivity contribution in [2.75, 3.05) is 26.9 Å². The number of ketones is 1. The maximum absolute atomic E-state index is 14.4. The quantitative estimate of drug-likeness (QED) is 0.0335. The molecule has 1 spiro atoms. The van der Waals surface area contributed by atoms with Crippen LogP contribution in [0.15, 0.2) is 23.8 Å². The summed E-state index contributed by atoms with van der Waals surface area (Å²) in [7, 11) is -9.26. The molecule has 28 nitrogen and oxygen atoms in total. The van der Waals surface area contributed by atoms with Gasteiger partial charge in [0.05, 0.1) is 43.4 Å². The van der Waals surface area contributed by atoms with E-state index in [1.54, 1.807) is 0 Å². The van der Waals surface area contributed by atoms with E-state index in [1.807, 2.05) is 13.8 Å². The van der Waals surface area contributed by atoms with Crippen LogP contribution in [0.5, 0.6) is 0 Å². The highest BCUT2D eigenvalue weighted by Crippen LogP contribution is 2.75. The van der Waals surface area contributed by atoms with Crippen LogP contribution < -0.4 is 0 Å². The minimum Gasteiger partial charge on any atom is -0.458 e. The number of hydrogen-bond donors (Lipinski definition) is 10. The highest BCUT2D eigenvalue weighted by atomic mass is 32.3. The second-order valence-electron chi connectivity index (χ2n) is 25.9. The van der Waals surface area contributed by atoms with Crippen LogP contribution in [0.25, 0.3) is 0 Å². The Morgan fingerprint density at radius 1 is 0.702 bits per heavy atom. The molecule has 480 valence electrons. The highest BCUT2D eigenvalue weighted by Gasteiger charge is 2.79. The number of aliphatic hydroxyl groups is 8. The summed E-state index contributed by atoms with van der Waals surface area (Å²) in [6, 6.07) is 0. The molecule has 0 bridgehead atoms. The molecule has 30 heteroatoms. The van der Waals surface area contributed by atoms with Crippen molar-refractivity contribution in [3.63, 3.8) is 0 Å². The summed E-state index contributed by atoms with van der Waals surface area (Å²) in [6.45, 7) is 15.3. The monoisotopic (exact) mass is 1240 g/mol. The van der Waals surface area contributed by atoms with Gasteiger partial charge in [0.25, 0.3) is 0 Å². The van der Waals surface area contributed by atoms with Crippen molar-refractivity contribution in [3.8, 4) is 0 Å². The second-order valence-corrected chi connectivity index (χ2v) is 28.0. The van der Waals surface area contributed by atoms with E-state index in [0.717, 1.165) is 31.9 Å². The Bertz CT molecular complexity index is 2690. The number of aliphatic hydroxyl groups excluding tert-OH is 8. The summed E-state index contributed by atoms with van der Waals surface area (Å²) in [6.07, 6.45) is -27.4. The molecular formula is C54H84O28S2. The number of methoxy groups -OCH3 is 1. The number of rotatable bonds is 19. The maximum Gasteiger partial charge on any atom is 0.397 e. The van der Waals surface area contributed by atoms with Crippen LogP contribution in [-0.4, -0.2) is 234 Å². The van der Waals surface area contributed by atoms with Crippen LogP contribution in [0.3, 0.4) is 0 Å². The zero-order chi connectivity index (χ0) is 61.8. The Kier molecular flexibility index (Phi) is 19.0. The first-order chi connectivity index (χ1) is 39.0. The molecule has 4 aliphatic carbocycles. The molecule has 0 aromatic heterocycles. The number of fused-ring (bicyclic) bond motifs is 4. The van der Waals surface area contributed by atoms with E-state index in [0.29, 0.717) is 32.1 Å². The average Bonchev–Trinajstić information content (AvgIpc) is 1.45. The molecule has 5 heterocycles. The van der Waals surface area contributed by atoms with Gasteiger partial charge < -0.3 is 88.2 Å². The molecule has 0 aromatic rings. The SMILES string of the molecule is C=C(C)CCC[C@]1(C)OC(=O)[C@]23CC=C4C(CCC5C(C)(C)[C@@H](O[C@@H]6OC[C@@H](O)[C@H](O)[C@H]6O[C@@H]6O[C@H](C)[C@@H](O[C@@H]7O[C@H](COS(=O)(=O)O)[C@@H](O)[C@H](O[C@@H]8O[C@H](COS(=O)(=O)O)[C@@H](O)[C@H](OC)[C@H]8O)[C@H]7O)[C@H](O)[C@H]6O)CC[C@]45C)[C@]2(C)CC(=O)[C@@H]31. The molecule has 27 atom stereocenters. The lowest BCUT2D eigenvalue weighted by atomic mass is 9.41. The lowest BCUT2D eigenvalue weighted by molar-refractivity contribution is -0.389. The van der Waals surface area contributed by atoms with Gasteiger partial charge in [0.2, 0.25) is 0 Å². The number of esters is 1. The van der Waals surface area contributed by atoms with Gasteiger partial charge in [-0.05, 0) is 100 Å². The fourth-order valence-corrected chi connectivity index (χ4v) is 16.7. The van der Waals surface area contributed by atoms with Gasteiger partial charge in [0.15, 0.2) is 25.2 Å². The molecule has 84 heavy (non-hydrogen) atoms. The van der Waals surface area contributed by atoms with Gasteiger partial charge in [-0.2, -0.15) is 16.8 Å². The van der Waals surface area contributed by atoms with Crippen LogP contribution in [0, 0.1) is 39.4 Å². The van der Waals surface area contributed by atoms with E-state index in [9.17, 15) is 71.8 Å². The standard InChI is InChI=1S/C54H84O28S2/c1-23(2)11-10-16-53(8)44-27(55)19-52(7)26-12-13-31-50(4,5)32(15-17-51(31,6)25(26)14-18-54(44,52)49(64)82-53)78-48-43(33(57)28(56)20-72-48)81-45-37(61)36(60)40(24(3)75-45)79-47-39(63)42(35(59)30(77-47)22-74-84(68,69)70)80-46-38(62)41(71-9)34(58)29(76-46)21-73-83(65,66)67/h14,24,26,28-48,56-63H,1,10-13,15-22H2,2-9H3,(H,65,66,67)(H,68,69,70)/t24-,26?,28-,29-,30-,31?,32+,33+,34-,35-,36-,37-,38-,39-,40-,41+,42+,43-,44-,45+,46+,47+,48+,51-,52+,53+,54-/m1/s1. The van der Waals surface area contributed by atoms with E-state index < -0.39 is 185 Å². The first-order valence-electron chi connectivity index (χ1n) is 28.6. The summed E-state index contributed by atoms with van der Waals surface area (Å²) in [4.78, 5) is 28.7. The smallest absolute Gasteiger partial charge is 0.397 e. The molecule has 9 aliphatic rings. The van der Waals surface area contributed by atoms with Gasteiger partial charge in [-0.25, -0.2) is 8.37 Å². The van der Waals surface area contributed by atoms with Crippen LogP contribution in [0.2, 0.25) is 0 Å². The molecular weight excluding hydrogens is 1160 g/mol. The van der Waals surface area contributed by atoms with Crippen molar-refractivity contribution < 1.29 is 132 Å². The van der Waals surface area contributed by atoms with Gasteiger partial charge in [-0.3, -0.25) is 18.7 Å². The lowest BCUT2D eigenvalue weighted by Gasteiger charge is -2.63. The van der Waals surface area contributed by atoms with Crippen molar-refractivity contribution in [1.82, 2.24) is 0 Å². The Morgan fingerprint density at radius 2 is 1.27 bits per heavy atom. The third-order valence-corrected chi connectivity index (χ3v) is 21.1. The van der Waals surface area contributed by atoms with Crippen molar-refractivity contribution >= 4 is 32.6 Å². The van der Waals surface area contributed by atoms with Crippen molar-refractivity contribution in [1.29, 1.82) is 0 Å². The third kappa shape index (κ3) is 11.9. The fraction of sp³-hybridized carbons (Fsp3) is 0.889. The number of allylic oxidation sites excluding steroid dienone is 3. The van der Waals surface area contributed by atoms with Crippen LogP contribution in [-0.2, 0) is 86.1 Å². The molecule has 8 fully saturated rings. The van der Waals surface area contributed by atoms with E-state index >= 15 is 0 Å². The second kappa shape index (κ2) is 24.1.